The topological polar surface area (TPSA) is 174 Å². The van der Waals surface area contributed by atoms with Crippen LogP contribution in [0.3, 0.4) is 0 Å². The molecule has 4 atom stereocenters. The van der Waals surface area contributed by atoms with E-state index < -0.39 is 57.5 Å². The average Bonchev–Trinajstić information content (AvgIpc) is 3.79. The van der Waals surface area contributed by atoms with Gasteiger partial charge in [0.25, 0.3) is 5.89 Å². The third-order valence-electron chi connectivity index (χ3n) is 10.4. The van der Waals surface area contributed by atoms with Gasteiger partial charge in [0.2, 0.25) is 21.7 Å². The number of ether oxygens (including phenoxy) is 2. The summed E-state index contributed by atoms with van der Waals surface area (Å²) in [5.41, 5.74) is 1.28. The molecule has 0 bridgehead atoms. The second-order valence-electron chi connectivity index (χ2n) is 16.3. The molecule has 2 N–H and O–H groups in total. The molecule has 1 saturated heterocycles. The van der Waals surface area contributed by atoms with Crippen LogP contribution in [0.2, 0.25) is 0 Å². The van der Waals surface area contributed by atoms with Gasteiger partial charge in [-0.1, -0.05) is 68.1 Å². The highest BCUT2D eigenvalue weighted by Gasteiger charge is 2.43. The first-order valence-corrected chi connectivity index (χ1v) is 21.9. The van der Waals surface area contributed by atoms with Crippen molar-refractivity contribution >= 4 is 44.7 Å². The third kappa shape index (κ3) is 13.2. The highest BCUT2D eigenvalue weighted by atomic mass is 32.2. The number of Topliss-reactive ketones (excluding diaryl/α,β-unsaturated/α-hetero) is 2. The highest BCUT2D eigenvalue weighted by molar-refractivity contribution is 7.88. The zero-order chi connectivity index (χ0) is 40.3. The van der Waals surface area contributed by atoms with Gasteiger partial charge in [-0.05, 0) is 82.9 Å². The first kappa shape index (κ1) is 43.0. The van der Waals surface area contributed by atoms with Gasteiger partial charge in [-0.3, -0.25) is 14.4 Å². The maximum atomic E-state index is 14.5. The van der Waals surface area contributed by atoms with Gasteiger partial charge in [0, 0.05) is 38.5 Å². The summed E-state index contributed by atoms with van der Waals surface area (Å²) in [7, 11) is -3.79. The Bertz CT molecular complexity index is 1850. The molecule has 0 unspecified atom stereocenters. The van der Waals surface area contributed by atoms with Crippen molar-refractivity contribution < 1.29 is 41.5 Å². The lowest BCUT2D eigenvalue weighted by atomic mass is 9.89. The van der Waals surface area contributed by atoms with Crippen molar-refractivity contribution in [3.8, 4) is 0 Å². The summed E-state index contributed by atoms with van der Waals surface area (Å²) in [4.78, 5) is 61.0. The number of likely N-dealkylation sites (tertiary alicyclic amines) is 1. The van der Waals surface area contributed by atoms with Crippen LogP contribution >= 0.6 is 0 Å². The fraction of sp³-hybridized carbons (Fsp3) is 0.595. The van der Waals surface area contributed by atoms with E-state index in [1.54, 1.807) is 45.0 Å². The molecule has 13 nitrogen and oxygen atoms in total. The van der Waals surface area contributed by atoms with E-state index in [0.717, 1.165) is 37.5 Å². The second-order valence-corrected chi connectivity index (χ2v) is 18.1. The molecule has 2 heterocycles. The minimum atomic E-state index is -3.79. The van der Waals surface area contributed by atoms with Gasteiger partial charge in [0.1, 0.15) is 17.2 Å². The summed E-state index contributed by atoms with van der Waals surface area (Å²) < 4.78 is 45.2. The van der Waals surface area contributed by atoms with E-state index in [0.29, 0.717) is 55.9 Å². The summed E-state index contributed by atoms with van der Waals surface area (Å²) in [6.45, 7) is 6.32. The number of alkyl carbamates (subject to hydrolysis) is 1. The number of ketones is 2. The molecule has 306 valence electrons. The zero-order valence-electron chi connectivity index (χ0n) is 33.2. The predicted molar refractivity (Wildman–Crippen MR) is 213 cm³/mol. The van der Waals surface area contributed by atoms with Crippen LogP contribution in [0.15, 0.2) is 59.0 Å². The zero-order valence-corrected chi connectivity index (χ0v) is 34.0. The van der Waals surface area contributed by atoms with E-state index in [2.05, 4.69) is 15.0 Å². The number of hydrogen-bond donors (Lipinski definition) is 2. The van der Waals surface area contributed by atoms with Crippen molar-refractivity contribution in [3.63, 3.8) is 0 Å². The van der Waals surface area contributed by atoms with Crippen LogP contribution in [0.1, 0.15) is 108 Å². The molecule has 0 radical (unpaired) electrons. The molecule has 2 amide bonds. The molecule has 1 aromatic heterocycles. The number of para-hydroxylation sites is 2. The molecule has 14 heteroatoms. The maximum absolute atomic E-state index is 14.5. The lowest BCUT2D eigenvalue weighted by Gasteiger charge is -2.29. The van der Waals surface area contributed by atoms with Crippen LogP contribution in [0.25, 0.3) is 11.1 Å². The molecule has 2 aromatic carbocycles. The maximum Gasteiger partial charge on any atom is 0.407 e. The molecule has 0 spiro atoms. The molecule has 56 heavy (non-hydrogen) atoms. The van der Waals surface area contributed by atoms with Crippen LogP contribution in [-0.2, 0) is 35.5 Å². The van der Waals surface area contributed by atoms with E-state index in [-0.39, 0.29) is 37.5 Å². The number of amides is 2. The molecule has 2 aliphatic rings. The van der Waals surface area contributed by atoms with E-state index in [1.807, 2.05) is 30.3 Å². The van der Waals surface area contributed by atoms with Crippen molar-refractivity contribution in [1.82, 2.24) is 19.9 Å². The van der Waals surface area contributed by atoms with Gasteiger partial charge >= 0.3 is 6.09 Å². The van der Waals surface area contributed by atoms with Crippen molar-refractivity contribution in [2.75, 3.05) is 26.0 Å². The van der Waals surface area contributed by atoms with Crippen LogP contribution < -0.4 is 10.0 Å². The number of carbonyl (C=O) groups excluding carboxylic acids is 4. The molecule has 3 aromatic rings. The van der Waals surface area contributed by atoms with Crippen molar-refractivity contribution in [2.45, 2.75) is 122 Å². The van der Waals surface area contributed by atoms with Crippen molar-refractivity contribution in [3.05, 3.63) is 66.1 Å². The monoisotopic (exact) mass is 794 g/mol. The number of aryl methyl sites for hydroxylation is 1. The minimum absolute atomic E-state index is 0.0951. The van der Waals surface area contributed by atoms with Gasteiger partial charge < -0.3 is 24.1 Å². The number of hydrogen-bond acceptors (Lipinski definition) is 10. The Morgan fingerprint density at radius 1 is 0.964 bits per heavy atom. The molecular weight excluding hydrogens is 737 g/mol. The number of sulfonamides is 1. The number of nitrogens with one attached hydrogen (secondary N) is 2. The number of rotatable bonds is 19. The predicted octanol–water partition coefficient (Wildman–Crippen LogP) is 6.40. The first-order valence-electron chi connectivity index (χ1n) is 20.0. The van der Waals surface area contributed by atoms with Crippen molar-refractivity contribution in [1.29, 1.82) is 0 Å². The summed E-state index contributed by atoms with van der Waals surface area (Å²) in [5, 5.41) is 2.73. The van der Waals surface area contributed by atoms with E-state index >= 15 is 0 Å². The van der Waals surface area contributed by atoms with Gasteiger partial charge in [-0.25, -0.2) is 22.9 Å². The summed E-state index contributed by atoms with van der Waals surface area (Å²) in [6.07, 6.45) is 7.73. The lowest BCUT2D eigenvalue weighted by molar-refractivity contribution is -0.139. The molecule has 1 aliphatic carbocycles. The van der Waals surface area contributed by atoms with Crippen molar-refractivity contribution in [2.24, 2.45) is 11.8 Å². The van der Waals surface area contributed by atoms with Crippen LogP contribution in [0.5, 0.6) is 0 Å². The van der Waals surface area contributed by atoms with Crippen LogP contribution in [0.4, 0.5) is 4.79 Å². The Morgan fingerprint density at radius 2 is 1.68 bits per heavy atom. The van der Waals surface area contributed by atoms with Crippen LogP contribution in [-0.4, -0.2) is 91.6 Å². The largest absolute Gasteiger partial charge is 0.444 e. The Kier molecular flexibility index (Phi) is 15.2. The van der Waals surface area contributed by atoms with E-state index in [9.17, 15) is 27.6 Å². The molecule has 1 saturated carbocycles. The normalized spacial score (nSPS) is 19.1. The van der Waals surface area contributed by atoms with Gasteiger partial charge in [0.15, 0.2) is 11.4 Å². The Labute approximate surface area is 330 Å². The standard InChI is InChI=1S/C42H58N4O9S/c1-42(2,3)55-41(50)43-24-14-13-19-31(38(48)39-44-33-20-11-12-21-37(33)54-39)25-36(47)35-26-32(53-28-30-17-9-6-10-18-30)27-46(35)40(49)34(45-56(4,51)52)23-22-29-15-7-5-8-16-29/h5,7-8,11-12,15-16,20-21,30-32,34-35,45H,6,9-10,13-14,17-19,22-28H2,1-4H3,(H,43,50)/t31-,32-,34-,35+/m1/s1. The summed E-state index contributed by atoms with van der Waals surface area (Å²) >= 11 is 0. The third-order valence-corrected chi connectivity index (χ3v) is 11.1. The van der Waals surface area contributed by atoms with E-state index in [1.165, 1.54) is 11.3 Å². The highest BCUT2D eigenvalue weighted by Crippen LogP contribution is 2.30. The Balaban J connectivity index is 1.34. The Hall–Kier alpha value is -4.14. The molecule has 1 aliphatic heterocycles. The first-order chi connectivity index (χ1) is 26.6. The van der Waals surface area contributed by atoms with Crippen LogP contribution in [0, 0.1) is 11.8 Å². The SMILES string of the molecule is CC(C)(C)OC(=O)NCCCC[C@H](CC(=O)[C@@H]1C[C@@H](OCC2CCCCC2)CN1C(=O)[C@@H](CCc1ccccc1)NS(C)(=O)=O)C(=O)c1nc2ccccc2o1. The summed E-state index contributed by atoms with van der Waals surface area (Å²) in [5.74, 6) is -1.74. The summed E-state index contributed by atoms with van der Waals surface area (Å²) in [6, 6.07) is 14.5. The van der Waals surface area contributed by atoms with Gasteiger partial charge in [-0.15, -0.1) is 0 Å². The number of fused-ring (bicyclic) bond motifs is 1. The number of benzene rings is 2. The minimum Gasteiger partial charge on any atom is -0.444 e. The quantitative estimate of drug-likeness (QED) is 0.102. The molecular formula is C42H58N4O9S. The number of aromatic nitrogens is 1. The number of unbranched alkanes of at least 4 members (excludes halogenated alkanes) is 1. The van der Waals surface area contributed by atoms with Gasteiger partial charge in [-0.2, -0.15) is 0 Å². The lowest BCUT2D eigenvalue weighted by Crippen LogP contribution is -2.52. The second kappa shape index (κ2) is 19.8. The number of carbonyl (C=O) groups is 4. The number of nitrogens with zero attached hydrogens (tertiary/aromatic N) is 2. The fourth-order valence-electron chi connectivity index (χ4n) is 7.62. The molecule has 2 fully saturated rings. The number of oxazole rings is 1. The van der Waals surface area contributed by atoms with E-state index in [4.69, 9.17) is 13.9 Å². The average molecular weight is 795 g/mol. The molecule has 5 rings (SSSR count). The smallest absolute Gasteiger partial charge is 0.407 e. The Morgan fingerprint density at radius 3 is 2.38 bits per heavy atom. The van der Waals surface area contributed by atoms with Gasteiger partial charge in [0.05, 0.1) is 18.4 Å². The fourth-order valence-corrected chi connectivity index (χ4v) is 8.35.